The van der Waals surface area contributed by atoms with Gasteiger partial charge in [0.2, 0.25) is 0 Å². The average Bonchev–Trinajstić information content (AvgIpc) is 3.01. The Morgan fingerprint density at radius 1 is 1.25 bits per heavy atom. The minimum Gasteiger partial charge on any atom is -0.508 e. The van der Waals surface area contributed by atoms with Gasteiger partial charge in [-0.05, 0) is 55.8 Å². The number of carbonyl (C=O) groups excluding carboxylic acids is 1. The van der Waals surface area contributed by atoms with Crippen LogP contribution in [0, 0.1) is 5.92 Å². The summed E-state index contributed by atoms with van der Waals surface area (Å²) in [7, 11) is 0. The largest absolute Gasteiger partial charge is 0.508 e. The van der Waals surface area contributed by atoms with Crippen LogP contribution < -0.4 is 5.32 Å². The summed E-state index contributed by atoms with van der Waals surface area (Å²) < 4.78 is 0. The quantitative estimate of drug-likeness (QED) is 0.628. The number of aromatic hydroxyl groups is 1. The van der Waals surface area contributed by atoms with E-state index in [4.69, 9.17) is 0 Å². The molecular formula is C18H18N4O2. The molecule has 3 N–H and O–H groups in total. The second-order valence-electron chi connectivity index (χ2n) is 6.22. The molecule has 122 valence electrons. The van der Waals surface area contributed by atoms with E-state index in [2.05, 4.69) is 20.5 Å². The van der Waals surface area contributed by atoms with Crippen molar-refractivity contribution in [1.82, 2.24) is 20.5 Å². The number of rotatable bonds is 5. The van der Waals surface area contributed by atoms with Crippen LogP contribution in [0.3, 0.4) is 0 Å². The Bertz CT molecular complexity index is 882. The summed E-state index contributed by atoms with van der Waals surface area (Å²) in [6.07, 6.45) is 3.09. The lowest BCUT2D eigenvalue weighted by atomic mass is 9.93. The molecular weight excluding hydrogens is 304 g/mol. The topological polar surface area (TPSA) is 90.9 Å². The smallest absolute Gasteiger partial charge is 0.163 e. The Labute approximate surface area is 138 Å². The van der Waals surface area contributed by atoms with Crippen molar-refractivity contribution in [3.8, 4) is 17.0 Å². The highest BCUT2D eigenvalue weighted by Crippen LogP contribution is 2.26. The number of pyridine rings is 1. The van der Waals surface area contributed by atoms with Gasteiger partial charge in [0, 0.05) is 22.9 Å². The molecule has 0 aliphatic carbocycles. The monoisotopic (exact) mass is 322 g/mol. The van der Waals surface area contributed by atoms with Gasteiger partial charge in [0.15, 0.2) is 11.4 Å². The van der Waals surface area contributed by atoms with Crippen LogP contribution in [0.25, 0.3) is 22.3 Å². The van der Waals surface area contributed by atoms with Crippen molar-refractivity contribution >= 4 is 16.8 Å². The lowest BCUT2D eigenvalue weighted by Crippen LogP contribution is -2.42. The zero-order valence-electron chi connectivity index (χ0n) is 13.1. The molecule has 4 rings (SSSR count). The van der Waals surface area contributed by atoms with E-state index >= 15 is 0 Å². The van der Waals surface area contributed by atoms with Crippen LogP contribution in [0.4, 0.5) is 0 Å². The molecule has 1 aromatic carbocycles. The standard InChI is InChI=1S/C18H18N4O2/c23-13-4-2-12(3-5-13)16-7-14(15-10-20-22-18(15)21-16)17(24)6-1-11-8-19-9-11/h2-5,7,10-11,19,23H,1,6,8-9H2,(H,20,21,22). The van der Waals surface area contributed by atoms with Crippen molar-refractivity contribution in [2.75, 3.05) is 13.1 Å². The third-order valence-electron chi connectivity index (χ3n) is 4.53. The van der Waals surface area contributed by atoms with Gasteiger partial charge < -0.3 is 10.4 Å². The molecule has 0 unspecified atom stereocenters. The van der Waals surface area contributed by atoms with Crippen molar-refractivity contribution < 1.29 is 9.90 Å². The number of H-pyrrole nitrogens is 1. The second-order valence-corrected chi connectivity index (χ2v) is 6.22. The minimum atomic E-state index is 0.121. The lowest BCUT2D eigenvalue weighted by molar-refractivity contribution is 0.0970. The normalized spacial score (nSPS) is 14.7. The van der Waals surface area contributed by atoms with E-state index in [1.807, 2.05) is 6.07 Å². The third kappa shape index (κ3) is 2.76. The number of fused-ring (bicyclic) bond motifs is 1. The summed E-state index contributed by atoms with van der Waals surface area (Å²) in [5.41, 5.74) is 2.81. The Hall–Kier alpha value is -2.73. The van der Waals surface area contributed by atoms with Crippen LogP contribution in [0.15, 0.2) is 36.5 Å². The molecule has 0 bridgehead atoms. The number of hydrogen-bond donors (Lipinski definition) is 3. The maximum atomic E-state index is 12.7. The number of nitrogens with zero attached hydrogens (tertiary/aromatic N) is 2. The van der Waals surface area contributed by atoms with Crippen molar-refractivity contribution in [3.63, 3.8) is 0 Å². The van der Waals surface area contributed by atoms with E-state index < -0.39 is 0 Å². The molecule has 1 saturated heterocycles. The molecule has 1 aliphatic rings. The van der Waals surface area contributed by atoms with Crippen molar-refractivity contribution in [3.05, 3.63) is 42.1 Å². The molecule has 1 aliphatic heterocycles. The number of hydrogen-bond acceptors (Lipinski definition) is 5. The number of aromatic amines is 1. The van der Waals surface area contributed by atoms with Crippen LogP contribution in [-0.2, 0) is 0 Å². The molecule has 6 nitrogen and oxygen atoms in total. The third-order valence-corrected chi connectivity index (χ3v) is 4.53. The molecule has 24 heavy (non-hydrogen) atoms. The summed E-state index contributed by atoms with van der Waals surface area (Å²) in [6, 6.07) is 8.62. The first-order valence-electron chi connectivity index (χ1n) is 8.08. The number of phenolic OH excluding ortho intramolecular Hbond substituents is 1. The Morgan fingerprint density at radius 3 is 2.75 bits per heavy atom. The molecule has 0 spiro atoms. The highest BCUT2D eigenvalue weighted by Gasteiger charge is 2.20. The van der Waals surface area contributed by atoms with Crippen LogP contribution in [0.2, 0.25) is 0 Å². The van der Waals surface area contributed by atoms with Gasteiger partial charge in [-0.1, -0.05) is 0 Å². The van der Waals surface area contributed by atoms with Gasteiger partial charge in [0.05, 0.1) is 11.9 Å². The van der Waals surface area contributed by atoms with Gasteiger partial charge >= 0.3 is 0 Å². The molecule has 0 atom stereocenters. The van der Waals surface area contributed by atoms with Gasteiger partial charge in [-0.2, -0.15) is 5.10 Å². The first kappa shape index (κ1) is 14.8. The SMILES string of the molecule is O=C(CCC1CNC1)c1cc(-c2ccc(O)cc2)nc2[nH]ncc12. The Morgan fingerprint density at radius 2 is 2.04 bits per heavy atom. The number of phenols is 1. The predicted molar refractivity (Wildman–Crippen MR) is 90.9 cm³/mol. The van der Waals surface area contributed by atoms with Crippen molar-refractivity contribution in [2.24, 2.45) is 5.92 Å². The number of carbonyl (C=O) groups is 1. The van der Waals surface area contributed by atoms with E-state index in [1.165, 1.54) is 0 Å². The molecule has 0 saturated carbocycles. The highest BCUT2D eigenvalue weighted by atomic mass is 16.3. The fraction of sp³-hybridized carbons (Fsp3) is 0.278. The molecule has 6 heteroatoms. The number of ketones is 1. The number of Topliss-reactive ketones (excluding diaryl/α,β-unsaturated/α-hetero) is 1. The van der Waals surface area contributed by atoms with Gasteiger partial charge in [0.25, 0.3) is 0 Å². The average molecular weight is 322 g/mol. The Balaban J connectivity index is 1.69. The predicted octanol–water partition coefficient (Wildman–Crippen LogP) is 2.51. The van der Waals surface area contributed by atoms with Gasteiger partial charge in [0.1, 0.15) is 5.75 Å². The molecule has 0 radical (unpaired) electrons. The van der Waals surface area contributed by atoms with Gasteiger partial charge in [-0.3, -0.25) is 9.89 Å². The zero-order chi connectivity index (χ0) is 16.5. The fourth-order valence-corrected chi connectivity index (χ4v) is 2.96. The van der Waals surface area contributed by atoms with E-state index in [0.717, 1.165) is 30.5 Å². The van der Waals surface area contributed by atoms with E-state index in [9.17, 15) is 9.90 Å². The molecule has 1 fully saturated rings. The summed E-state index contributed by atoms with van der Waals surface area (Å²) >= 11 is 0. The van der Waals surface area contributed by atoms with Crippen LogP contribution in [0.1, 0.15) is 23.2 Å². The molecule has 2 aromatic heterocycles. The lowest BCUT2D eigenvalue weighted by Gasteiger charge is -2.26. The van der Waals surface area contributed by atoms with E-state index in [-0.39, 0.29) is 11.5 Å². The summed E-state index contributed by atoms with van der Waals surface area (Å²) in [5.74, 6) is 0.926. The van der Waals surface area contributed by atoms with Gasteiger partial charge in [-0.25, -0.2) is 4.98 Å². The van der Waals surface area contributed by atoms with Gasteiger partial charge in [-0.15, -0.1) is 0 Å². The summed E-state index contributed by atoms with van der Waals surface area (Å²) in [6.45, 7) is 2.01. The number of aromatic nitrogens is 3. The Kier molecular flexibility index (Phi) is 3.74. The number of nitrogens with one attached hydrogen (secondary N) is 2. The maximum Gasteiger partial charge on any atom is 0.163 e. The maximum absolute atomic E-state index is 12.7. The van der Waals surface area contributed by atoms with Crippen LogP contribution in [-0.4, -0.2) is 39.2 Å². The van der Waals surface area contributed by atoms with E-state index in [1.54, 1.807) is 30.5 Å². The summed E-state index contributed by atoms with van der Waals surface area (Å²) in [5, 5.41) is 20.3. The molecule has 0 amide bonds. The van der Waals surface area contributed by atoms with E-state index in [0.29, 0.717) is 29.2 Å². The zero-order valence-corrected chi connectivity index (χ0v) is 13.1. The first-order valence-corrected chi connectivity index (χ1v) is 8.08. The van der Waals surface area contributed by atoms with Crippen molar-refractivity contribution in [2.45, 2.75) is 12.8 Å². The highest BCUT2D eigenvalue weighted by molar-refractivity contribution is 6.07. The fourth-order valence-electron chi connectivity index (χ4n) is 2.96. The van der Waals surface area contributed by atoms with Crippen LogP contribution in [0.5, 0.6) is 5.75 Å². The van der Waals surface area contributed by atoms with Crippen LogP contribution >= 0.6 is 0 Å². The molecule has 3 aromatic rings. The van der Waals surface area contributed by atoms with Crippen molar-refractivity contribution in [1.29, 1.82) is 0 Å². The molecule has 3 heterocycles. The number of benzene rings is 1. The summed E-state index contributed by atoms with van der Waals surface area (Å²) in [4.78, 5) is 17.2. The minimum absolute atomic E-state index is 0.121. The second kappa shape index (κ2) is 6.05. The first-order chi connectivity index (χ1) is 11.7.